The van der Waals surface area contributed by atoms with Gasteiger partial charge in [0.05, 0.1) is 11.8 Å². The van der Waals surface area contributed by atoms with Crippen LogP contribution in [-0.4, -0.2) is 26.1 Å². The number of sulfone groups is 1. The Morgan fingerprint density at radius 3 is 2.58 bits per heavy atom. The van der Waals surface area contributed by atoms with E-state index in [2.05, 4.69) is 0 Å². The molecular weight excluding hydrogens is 370 g/mol. The van der Waals surface area contributed by atoms with Crippen LogP contribution in [-0.2, 0) is 14.6 Å². The first-order chi connectivity index (χ1) is 12.4. The number of anilines is 1. The van der Waals surface area contributed by atoms with Gasteiger partial charge in [-0.1, -0.05) is 49.8 Å². The minimum Gasteiger partial charge on any atom is -0.304 e. The van der Waals surface area contributed by atoms with Crippen LogP contribution in [0.15, 0.2) is 29.7 Å². The van der Waals surface area contributed by atoms with Crippen molar-refractivity contribution >= 4 is 33.0 Å². The molecular formula is C20H26ClNO3S. The van der Waals surface area contributed by atoms with Gasteiger partial charge in [-0.15, -0.1) is 0 Å². The zero-order chi connectivity index (χ0) is 18.7. The lowest BCUT2D eigenvalue weighted by atomic mass is 9.86. The normalized spacial score (nSPS) is 22.5. The zero-order valence-electron chi connectivity index (χ0n) is 15.2. The van der Waals surface area contributed by atoms with Gasteiger partial charge in [0.15, 0.2) is 9.84 Å². The van der Waals surface area contributed by atoms with Crippen molar-refractivity contribution in [3.63, 3.8) is 0 Å². The van der Waals surface area contributed by atoms with E-state index in [1.807, 2.05) is 19.1 Å². The highest BCUT2D eigenvalue weighted by atomic mass is 35.5. The fourth-order valence-corrected chi connectivity index (χ4v) is 5.34. The largest absolute Gasteiger partial charge is 0.304 e. The molecule has 1 fully saturated rings. The fourth-order valence-electron chi connectivity index (χ4n) is 3.90. The Bertz CT molecular complexity index is 797. The van der Waals surface area contributed by atoms with Crippen molar-refractivity contribution in [3.05, 3.63) is 40.3 Å². The third kappa shape index (κ3) is 4.68. The zero-order valence-corrected chi connectivity index (χ0v) is 16.7. The minimum atomic E-state index is -3.24. The number of rotatable bonds is 5. The first kappa shape index (κ1) is 19.4. The molecule has 0 saturated heterocycles. The average Bonchev–Trinajstić information content (AvgIpc) is 2.97. The molecule has 2 aliphatic rings. The molecule has 1 amide bonds. The molecule has 1 unspecified atom stereocenters. The van der Waals surface area contributed by atoms with E-state index in [9.17, 15) is 13.2 Å². The van der Waals surface area contributed by atoms with Crippen LogP contribution >= 0.6 is 11.6 Å². The Morgan fingerprint density at radius 2 is 1.96 bits per heavy atom. The highest BCUT2D eigenvalue weighted by molar-refractivity contribution is 7.94. The average molecular weight is 396 g/mol. The molecule has 3 rings (SSSR count). The van der Waals surface area contributed by atoms with Crippen molar-refractivity contribution in [1.29, 1.82) is 0 Å². The molecule has 1 aliphatic carbocycles. The number of hydrogen-bond donors (Lipinski definition) is 0. The van der Waals surface area contributed by atoms with Crippen molar-refractivity contribution in [2.45, 2.75) is 57.9 Å². The van der Waals surface area contributed by atoms with Crippen LogP contribution in [0.1, 0.15) is 50.5 Å². The van der Waals surface area contributed by atoms with E-state index in [1.54, 1.807) is 17.0 Å². The van der Waals surface area contributed by atoms with Gasteiger partial charge in [0.1, 0.15) is 0 Å². The summed E-state index contributed by atoms with van der Waals surface area (Å²) in [5, 5.41) is 1.80. The van der Waals surface area contributed by atoms with Gasteiger partial charge in [-0.25, -0.2) is 8.42 Å². The molecule has 142 valence electrons. The van der Waals surface area contributed by atoms with Gasteiger partial charge in [-0.05, 0) is 43.0 Å². The highest BCUT2D eigenvalue weighted by Crippen LogP contribution is 2.31. The van der Waals surface area contributed by atoms with Crippen LogP contribution in [0.2, 0.25) is 5.02 Å². The van der Waals surface area contributed by atoms with Gasteiger partial charge in [0, 0.05) is 22.5 Å². The van der Waals surface area contributed by atoms with E-state index >= 15 is 0 Å². The molecule has 1 aromatic carbocycles. The second kappa shape index (κ2) is 8.13. The predicted molar refractivity (Wildman–Crippen MR) is 106 cm³/mol. The second-order valence-corrected chi connectivity index (χ2v) is 9.80. The molecule has 1 atom stereocenters. The Morgan fingerprint density at radius 1 is 1.23 bits per heavy atom. The summed E-state index contributed by atoms with van der Waals surface area (Å²) in [7, 11) is -3.24. The first-order valence-corrected chi connectivity index (χ1v) is 11.4. The second-order valence-electron chi connectivity index (χ2n) is 7.47. The summed E-state index contributed by atoms with van der Waals surface area (Å²) in [6, 6.07) is 5.01. The maximum atomic E-state index is 13.0. The number of halogens is 1. The smallest absolute Gasteiger partial charge is 0.227 e. The molecule has 1 saturated carbocycles. The lowest BCUT2D eigenvalue weighted by Crippen LogP contribution is -2.41. The van der Waals surface area contributed by atoms with Crippen molar-refractivity contribution in [2.75, 3.05) is 10.7 Å². The van der Waals surface area contributed by atoms with Gasteiger partial charge in [0.2, 0.25) is 5.91 Å². The van der Waals surface area contributed by atoms with Gasteiger partial charge >= 0.3 is 0 Å². The maximum absolute atomic E-state index is 13.0. The van der Waals surface area contributed by atoms with Gasteiger partial charge in [-0.2, -0.15) is 0 Å². The third-order valence-electron chi connectivity index (χ3n) is 5.44. The van der Waals surface area contributed by atoms with Gasteiger partial charge in [0.25, 0.3) is 0 Å². The summed E-state index contributed by atoms with van der Waals surface area (Å²) >= 11 is 6.25. The number of carbonyl (C=O) groups excluding carboxylic acids is 1. The molecule has 0 radical (unpaired) electrons. The van der Waals surface area contributed by atoms with E-state index < -0.39 is 15.9 Å². The number of nitrogens with zero attached hydrogens (tertiary/aromatic N) is 1. The molecule has 0 spiro atoms. The van der Waals surface area contributed by atoms with Crippen LogP contribution < -0.4 is 4.90 Å². The standard InChI is InChI=1S/C20H26ClNO3S/c1-15-7-9-17(13-19(15)21)22(18-11-12-26(24,25)14-18)20(23)10-8-16-5-3-2-4-6-16/h7,9,11-13,16,18H,2-6,8,10,14H2,1H3. The quantitative estimate of drug-likeness (QED) is 0.728. The van der Waals surface area contributed by atoms with E-state index in [-0.39, 0.29) is 11.7 Å². The van der Waals surface area contributed by atoms with E-state index in [1.165, 1.54) is 37.5 Å². The van der Waals surface area contributed by atoms with Crippen LogP contribution in [0.4, 0.5) is 5.69 Å². The lowest BCUT2D eigenvalue weighted by molar-refractivity contribution is -0.119. The van der Waals surface area contributed by atoms with Crippen LogP contribution in [0.25, 0.3) is 0 Å². The van der Waals surface area contributed by atoms with E-state index in [4.69, 9.17) is 11.6 Å². The molecule has 1 heterocycles. The number of benzene rings is 1. The number of amides is 1. The van der Waals surface area contributed by atoms with Crippen LogP contribution in [0, 0.1) is 12.8 Å². The fraction of sp³-hybridized carbons (Fsp3) is 0.550. The summed E-state index contributed by atoms with van der Waals surface area (Å²) in [5.74, 6) is 0.523. The molecule has 0 N–H and O–H groups in total. The SMILES string of the molecule is Cc1ccc(N(C(=O)CCC2CCCCC2)C2C=CS(=O)(=O)C2)cc1Cl. The summed E-state index contributed by atoms with van der Waals surface area (Å²) in [4.78, 5) is 14.7. The lowest BCUT2D eigenvalue weighted by Gasteiger charge is -2.29. The summed E-state index contributed by atoms with van der Waals surface area (Å²) in [5.41, 5.74) is 1.60. The minimum absolute atomic E-state index is 0.0257. The molecule has 26 heavy (non-hydrogen) atoms. The Hall–Kier alpha value is -1.33. The van der Waals surface area contributed by atoms with Gasteiger partial charge < -0.3 is 4.90 Å². The van der Waals surface area contributed by atoms with Crippen molar-refractivity contribution in [3.8, 4) is 0 Å². The van der Waals surface area contributed by atoms with Gasteiger partial charge in [-0.3, -0.25) is 4.79 Å². The molecule has 4 nitrogen and oxygen atoms in total. The van der Waals surface area contributed by atoms with Crippen LogP contribution in [0.3, 0.4) is 0 Å². The van der Waals surface area contributed by atoms with Crippen molar-refractivity contribution in [2.24, 2.45) is 5.92 Å². The third-order valence-corrected chi connectivity index (χ3v) is 7.22. The number of aryl methyl sites for hydroxylation is 1. The maximum Gasteiger partial charge on any atom is 0.227 e. The summed E-state index contributed by atoms with van der Waals surface area (Å²) < 4.78 is 23.7. The number of carbonyl (C=O) groups is 1. The Kier molecular flexibility index (Phi) is 6.08. The number of hydrogen-bond acceptors (Lipinski definition) is 3. The topological polar surface area (TPSA) is 54.5 Å². The van der Waals surface area contributed by atoms with Crippen LogP contribution in [0.5, 0.6) is 0 Å². The predicted octanol–water partition coefficient (Wildman–Crippen LogP) is 4.65. The highest BCUT2D eigenvalue weighted by Gasteiger charge is 2.31. The Balaban J connectivity index is 1.79. The van der Waals surface area contributed by atoms with E-state index in [0.717, 1.165) is 12.0 Å². The Labute approximate surface area is 161 Å². The molecule has 6 heteroatoms. The summed E-state index contributed by atoms with van der Waals surface area (Å²) in [6.07, 6.45) is 9.12. The summed E-state index contributed by atoms with van der Waals surface area (Å²) in [6.45, 7) is 1.90. The van der Waals surface area contributed by atoms with E-state index in [0.29, 0.717) is 23.0 Å². The van der Waals surface area contributed by atoms with Crippen molar-refractivity contribution in [1.82, 2.24) is 0 Å². The monoisotopic (exact) mass is 395 g/mol. The molecule has 0 aromatic heterocycles. The van der Waals surface area contributed by atoms with Crippen molar-refractivity contribution < 1.29 is 13.2 Å². The molecule has 1 aliphatic heterocycles. The molecule has 1 aromatic rings. The first-order valence-electron chi connectivity index (χ1n) is 9.35. The molecule has 0 bridgehead atoms.